The number of carbonyl (C=O) groups is 1. The summed E-state index contributed by atoms with van der Waals surface area (Å²) in [5, 5.41) is 12.2. The van der Waals surface area contributed by atoms with Gasteiger partial charge in [-0.25, -0.2) is 0 Å². The number of nitrogen functional groups attached to an aromatic ring is 2. The lowest BCUT2D eigenvalue weighted by atomic mass is 9.98. The minimum atomic E-state index is -0.717. The lowest BCUT2D eigenvalue weighted by Crippen LogP contribution is -2.51. The molecule has 0 aliphatic rings. The Labute approximate surface area is 101 Å². The number of hydrogen-bond donors (Lipinski definition) is 4. The van der Waals surface area contributed by atoms with E-state index in [0.717, 1.165) is 0 Å². The fraction of sp³-hybridized carbons (Fsp3) is 0.417. The predicted molar refractivity (Wildman–Crippen MR) is 68.5 cm³/mol. The molecule has 0 aliphatic heterocycles. The molecule has 1 aromatic rings. The Morgan fingerprint density at radius 2 is 2.00 bits per heavy atom. The zero-order valence-electron chi connectivity index (χ0n) is 10.3. The Bertz CT molecular complexity index is 428. The van der Waals surface area contributed by atoms with Crippen molar-refractivity contribution in [2.45, 2.75) is 32.4 Å². The van der Waals surface area contributed by atoms with Crippen molar-refractivity contribution >= 4 is 17.3 Å². The minimum absolute atomic E-state index is 0.323. The van der Waals surface area contributed by atoms with Gasteiger partial charge in [-0.15, -0.1) is 0 Å². The third-order valence-electron chi connectivity index (χ3n) is 2.80. The highest BCUT2D eigenvalue weighted by Crippen LogP contribution is 2.17. The van der Waals surface area contributed by atoms with Gasteiger partial charge in [0.2, 0.25) is 0 Å². The molecule has 1 amide bonds. The van der Waals surface area contributed by atoms with Crippen molar-refractivity contribution in [1.29, 1.82) is 0 Å². The molecule has 0 fully saturated rings. The molecule has 0 aliphatic carbocycles. The van der Waals surface area contributed by atoms with E-state index in [0.29, 0.717) is 16.9 Å². The molecule has 0 saturated heterocycles. The van der Waals surface area contributed by atoms with E-state index < -0.39 is 11.6 Å². The van der Waals surface area contributed by atoms with Gasteiger partial charge in [0.1, 0.15) is 0 Å². The molecule has 5 heteroatoms. The van der Waals surface area contributed by atoms with Gasteiger partial charge in [0.25, 0.3) is 5.91 Å². The van der Waals surface area contributed by atoms with E-state index in [1.165, 1.54) is 6.07 Å². The highest BCUT2D eigenvalue weighted by atomic mass is 16.3. The number of anilines is 2. The van der Waals surface area contributed by atoms with E-state index in [1.54, 1.807) is 32.9 Å². The molecule has 0 bridgehead atoms. The van der Waals surface area contributed by atoms with Crippen LogP contribution in [-0.4, -0.2) is 22.7 Å². The first kappa shape index (κ1) is 13.3. The topological polar surface area (TPSA) is 101 Å². The summed E-state index contributed by atoms with van der Waals surface area (Å²) in [5.41, 5.74) is 11.7. The first-order valence-corrected chi connectivity index (χ1v) is 5.39. The number of aliphatic hydroxyl groups excluding tert-OH is 1. The number of rotatable bonds is 3. The minimum Gasteiger partial charge on any atom is -0.399 e. The number of nitrogens with one attached hydrogen (secondary N) is 1. The van der Waals surface area contributed by atoms with Crippen LogP contribution in [-0.2, 0) is 0 Å². The fourth-order valence-electron chi connectivity index (χ4n) is 1.25. The third kappa shape index (κ3) is 3.10. The molecule has 1 unspecified atom stereocenters. The summed E-state index contributed by atoms with van der Waals surface area (Å²) in [4.78, 5) is 12.0. The van der Waals surface area contributed by atoms with E-state index in [1.807, 2.05) is 0 Å². The molecule has 0 aromatic heterocycles. The summed E-state index contributed by atoms with van der Waals surface area (Å²) < 4.78 is 0. The van der Waals surface area contributed by atoms with Crippen molar-refractivity contribution in [2.75, 3.05) is 11.5 Å². The molecule has 0 saturated carbocycles. The third-order valence-corrected chi connectivity index (χ3v) is 2.80. The van der Waals surface area contributed by atoms with Crippen molar-refractivity contribution in [3.05, 3.63) is 23.8 Å². The van der Waals surface area contributed by atoms with Gasteiger partial charge >= 0.3 is 0 Å². The molecular weight excluding hydrogens is 218 g/mol. The first-order chi connectivity index (χ1) is 7.74. The second-order valence-electron chi connectivity index (χ2n) is 4.70. The van der Waals surface area contributed by atoms with Gasteiger partial charge in [-0.1, -0.05) is 0 Å². The summed E-state index contributed by atoms with van der Waals surface area (Å²) >= 11 is 0. The Kier molecular flexibility index (Phi) is 3.63. The van der Waals surface area contributed by atoms with Crippen LogP contribution in [0.25, 0.3) is 0 Å². The van der Waals surface area contributed by atoms with Crippen molar-refractivity contribution in [1.82, 2.24) is 5.32 Å². The summed E-state index contributed by atoms with van der Waals surface area (Å²) in [7, 11) is 0. The summed E-state index contributed by atoms with van der Waals surface area (Å²) in [6, 6.07) is 4.71. The van der Waals surface area contributed by atoms with Gasteiger partial charge < -0.3 is 21.9 Å². The van der Waals surface area contributed by atoms with Crippen LogP contribution in [0.2, 0.25) is 0 Å². The average Bonchev–Trinajstić information content (AvgIpc) is 2.15. The molecule has 0 spiro atoms. The average molecular weight is 237 g/mol. The maximum Gasteiger partial charge on any atom is 0.253 e. The number of benzene rings is 1. The van der Waals surface area contributed by atoms with Gasteiger partial charge in [-0.3, -0.25) is 4.79 Å². The molecule has 0 heterocycles. The highest BCUT2D eigenvalue weighted by molar-refractivity contribution is 6.00. The second kappa shape index (κ2) is 4.63. The van der Waals surface area contributed by atoms with Crippen LogP contribution in [0.3, 0.4) is 0 Å². The quantitative estimate of drug-likeness (QED) is 0.582. The molecule has 1 rings (SSSR count). The van der Waals surface area contributed by atoms with Gasteiger partial charge in [-0.2, -0.15) is 0 Å². The van der Waals surface area contributed by atoms with Crippen molar-refractivity contribution < 1.29 is 9.90 Å². The van der Waals surface area contributed by atoms with E-state index in [2.05, 4.69) is 5.32 Å². The summed E-state index contributed by atoms with van der Waals surface area (Å²) in [6.45, 7) is 5.10. The van der Waals surface area contributed by atoms with Crippen molar-refractivity contribution in [3.63, 3.8) is 0 Å². The van der Waals surface area contributed by atoms with Gasteiger partial charge in [-0.05, 0) is 39.0 Å². The number of nitrogens with two attached hydrogens (primary N) is 2. The molecule has 6 N–H and O–H groups in total. The normalized spacial score (nSPS) is 13.2. The lowest BCUT2D eigenvalue weighted by molar-refractivity contribution is 0.0710. The lowest BCUT2D eigenvalue weighted by Gasteiger charge is -2.29. The molecule has 1 aromatic carbocycles. The zero-order chi connectivity index (χ0) is 13.2. The smallest absolute Gasteiger partial charge is 0.253 e. The molecular formula is C12H19N3O2. The molecule has 5 nitrogen and oxygen atoms in total. The van der Waals surface area contributed by atoms with Crippen molar-refractivity contribution in [3.8, 4) is 0 Å². The van der Waals surface area contributed by atoms with Crippen LogP contribution in [0.1, 0.15) is 31.1 Å². The van der Waals surface area contributed by atoms with E-state index in [4.69, 9.17) is 11.5 Å². The van der Waals surface area contributed by atoms with Crippen LogP contribution >= 0.6 is 0 Å². The van der Waals surface area contributed by atoms with Crippen LogP contribution in [0.15, 0.2) is 18.2 Å². The Morgan fingerprint density at radius 3 is 2.47 bits per heavy atom. The van der Waals surface area contributed by atoms with Gasteiger partial charge in [0.15, 0.2) is 0 Å². The van der Waals surface area contributed by atoms with Crippen molar-refractivity contribution in [2.24, 2.45) is 0 Å². The van der Waals surface area contributed by atoms with Gasteiger partial charge in [0.05, 0.1) is 17.2 Å². The molecule has 94 valence electrons. The first-order valence-electron chi connectivity index (χ1n) is 5.39. The SMILES string of the molecule is CC(O)C(C)(C)NC(=O)c1ccc(N)cc1N. The number of hydrogen-bond acceptors (Lipinski definition) is 4. The monoisotopic (exact) mass is 237 g/mol. The molecule has 1 atom stereocenters. The van der Waals surface area contributed by atoms with E-state index >= 15 is 0 Å². The molecule has 17 heavy (non-hydrogen) atoms. The largest absolute Gasteiger partial charge is 0.399 e. The zero-order valence-corrected chi connectivity index (χ0v) is 10.3. The Balaban J connectivity index is 2.91. The molecule has 0 radical (unpaired) electrons. The van der Waals surface area contributed by atoms with Crippen LogP contribution < -0.4 is 16.8 Å². The second-order valence-corrected chi connectivity index (χ2v) is 4.70. The van der Waals surface area contributed by atoms with E-state index in [9.17, 15) is 9.90 Å². The maximum absolute atomic E-state index is 12.0. The maximum atomic E-state index is 12.0. The number of amides is 1. The predicted octanol–water partition coefficient (Wildman–Crippen LogP) is 0.740. The van der Waals surface area contributed by atoms with Crippen LogP contribution in [0, 0.1) is 0 Å². The van der Waals surface area contributed by atoms with Gasteiger partial charge in [0, 0.05) is 11.4 Å². The Morgan fingerprint density at radius 1 is 1.41 bits per heavy atom. The highest BCUT2D eigenvalue weighted by Gasteiger charge is 2.27. The fourth-order valence-corrected chi connectivity index (χ4v) is 1.25. The van der Waals surface area contributed by atoms with Crippen LogP contribution in [0.5, 0.6) is 0 Å². The summed E-state index contributed by atoms with van der Waals surface area (Å²) in [6.07, 6.45) is -0.665. The van der Waals surface area contributed by atoms with Crippen LogP contribution in [0.4, 0.5) is 11.4 Å². The standard InChI is InChI=1S/C12H19N3O2/c1-7(16)12(2,3)15-11(17)9-5-4-8(13)6-10(9)14/h4-7,16H,13-14H2,1-3H3,(H,15,17). The number of aliphatic hydroxyl groups is 1. The number of carbonyl (C=O) groups excluding carboxylic acids is 1. The Hall–Kier alpha value is -1.75. The van der Waals surface area contributed by atoms with E-state index in [-0.39, 0.29) is 5.91 Å². The summed E-state index contributed by atoms with van der Waals surface area (Å²) in [5.74, 6) is -0.326.